The molecule has 1 aromatic heterocycles. The fraction of sp³-hybridized carbons (Fsp3) is 0.474. The maximum Gasteiger partial charge on any atom is 0.0459 e. The van der Waals surface area contributed by atoms with Gasteiger partial charge in [-0.1, -0.05) is 18.2 Å². The summed E-state index contributed by atoms with van der Waals surface area (Å²) in [5.41, 5.74) is 10.5. The zero-order valence-corrected chi connectivity index (χ0v) is 13.3. The lowest BCUT2D eigenvalue weighted by Gasteiger charge is -2.47. The zero-order chi connectivity index (χ0) is 15.3. The second-order valence-corrected chi connectivity index (χ2v) is 7.06. The maximum absolute atomic E-state index is 6.26. The summed E-state index contributed by atoms with van der Waals surface area (Å²) in [7, 11) is 0. The van der Waals surface area contributed by atoms with E-state index in [0.29, 0.717) is 17.9 Å². The van der Waals surface area contributed by atoms with Crippen molar-refractivity contribution in [3.8, 4) is 0 Å². The van der Waals surface area contributed by atoms with Crippen molar-refractivity contribution >= 4 is 10.9 Å². The molecule has 1 aliphatic heterocycles. The van der Waals surface area contributed by atoms with Crippen LogP contribution in [0.1, 0.15) is 30.4 Å². The minimum Gasteiger partial charge on any atom is -0.361 e. The number of nitrogens with one attached hydrogen (secondary N) is 1. The highest BCUT2D eigenvalue weighted by Crippen LogP contribution is 2.45. The molecule has 3 N–H and O–H groups in total. The molecule has 1 fully saturated rings. The normalized spacial score (nSPS) is 29.3. The Kier molecular flexibility index (Phi) is 3.35. The Hall–Kier alpha value is -1.58. The lowest BCUT2D eigenvalue weighted by Crippen LogP contribution is -2.52. The van der Waals surface area contributed by atoms with Crippen LogP contribution in [0.3, 0.4) is 0 Å². The highest BCUT2D eigenvalue weighted by Gasteiger charge is 2.41. The van der Waals surface area contributed by atoms with Gasteiger partial charge in [0.25, 0.3) is 0 Å². The number of nitrogens with two attached hydrogens (primary N) is 1. The first-order chi connectivity index (χ1) is 10.7. The maximum atomic E-state index is 6.26. The topological polar surface area (TPSA) is 45.0 Å². The predicted octanol–water partition coefficient (Wildman–Crippen LogP) is 3.03. The molecule has 4 rings (SSSR count). The Bertz CT molecular complexity index is 700. The summed E-state index contributed by atoms with van der Waals surface area (Å²) in [5, 5.41) is 1.47. The lowest BCUT2D eigenvalue weighted by atomic mass is 9.71. The molecule has 3 nitrogen and oxygen atoms in total. The number of rotatable bonds is 3. The summed E-state index contributed by atoms with van der Waals surface area (Å²) in [6.45, 7) is 8.17. The van der Waals surface area contributed by atoms with Crippen LogP contribution in [0, 0.1) is 5.92 Å². The molecule has 22 heavy (non-hydrogen) atoms. The molecule has 0 bridgehead atoms. The van der Waals surface area contributed by atoms with Gasteiger partial charge < -0.3 is 10.7 Å². The van der Waals surface area contributed by atoms with Crippen LogP contribution in [-0.2, 0) is 6.42 Å². The minimum atomic E-state index is 0.250. The smallest absolute Gasteiger partial charge is 0.0459 e. The van der Waals surface area contributed by atoms with E-state index >= 15 is 0 Å². The Morgan fingerprint density at radius 3 is 3.14 bits per heavy atom. The molecule has 2 aromatic rings. The van der Waals surface area contributed by atoms with Crippen LogP contribution in [0.25, 0.3) is 10.9 Å². The molecule has 0 radical (unpaired) electrons. The number of likely N-dealkylation sites (tertiary alicyclic amines) is 1. The summed E-state index contributed by atoms with van der Waals surface area (Å²) < 4.78 is 0. The third-order valence-electron chi connectivity index (χ3n) is 5.71. The van der Waals surface area contributed by atoms with Crippen molar-refractivity contribution in [3.63, 3.8) is 0 Å². The quantitative estimate of drug-likeness (QED) is 0.855. The van der Waals surface area contributed by atoms with Crippen molar-refractivity contribution in [1.29, 1.82) is 0 Å². The van der Waals surface area contributed by atoms with Crippen LogP contribution in [0.2, 0.25) is 0 Å². The van der Waals surface area contributed by atoms with E-state index in [9.17, 15) is 0 Å². The highest BCUT2D eigenvalue weighted by molar-refractivity contribution is 5.88. The molecule has 4 atom stereocenters. The number of aromatic nitrogens is 1. The van der Waals surface area contributed by atoms with Gasteiger partial charge in [-0.2, -0.15) is 0 Å². The number of nitrogens with zero attached hydrogens (tertiary/aromatic N) is 1. The molecular formula is C19H25N3. The van der Waals surface area contributed by atoms with Crippen LogP contribution in [0.15, 0.2) is 37.1 Å². The molecule has 2 heterocycles. The first kappa shape index (κ1) is 14.0. The molecule has 1 aliphatic carbocycles. The molecule has 2 aliphatic rings. The summed E-state index contributed by atoms with van der Waals surface area (Å²) in [5.74, 6) is 1.16. The van der Waals surface area contributed by atoms with Crippen LogP contribution in [0.5, 0.6) is 0 Å². The van der Waals surface area contributed by atoms with Crippen molar-refractivity contribution in [1.82, 2.24) is 9.88 Å². The van der Waals surface area contributed by atoms with E-state index in [2.05, 4.69) is 47.8 Å². The molecule has 116 valence electrons. The van der Waals surface area contributed by atoms with Crippen LogP contribution >= 0.6 is 0 Å². The molecule has 0 amide bonds. The average molecular weight is 295 g/mol. The van der Waals surface area contributed by atoms with Gasteiger partial charge in [-0.15, -0.1) is 6.58 Å². The van der Waals surface area contributed by atoms with Gasteiger partial charge in [-0.25, -0.2) is 0 Å². The van der Waals surface area contributed by atoms with Crippen molar-refractivity contribution in [2.45, 2.75) is 37.8 Å². The van der Waals surface area contributed by atoms with E-state index < -0.39 is 0 Å². The Morgan fingerprint density at radius 2 is 2.36 bits per heavy atom. The Morgan fingerprint density at radius 1 is 1.50 bits per heavy atom. The van der Waals surface area contributed by atoms with Gasteiger partial charge in [0.2, 0.25) is 0 Å². The number of H-pyrrole nitrogens is 1. The van der Waals surface area contributed by atoms with Gasteiger partial charge in [-0.3, -0.25) is 4.90 Å². The fourth-order valence-corrected chi connectivity index (χ4v) is 4.59. The van der Waals surface area contributed by atoms with Gasteiger partial charge in [0.05, 0.1) is 0 Å². The Balaban J connectivity index is 1.80. The van der Waals surface area contributed by atoms with Crippen molar-refractivity contribution in [2.24, 2.45) is 11.7 Å². The summed E-state index contributed by atoms with van der Waals surface area (Å²) in [6.07, 6.45) is 6.59. The molecule has 1 saturated heterocycles. The first-order valence-corrected chi connectivity index (χ1v) is 8.38. The summed E-state index contributed by atoms with van der Waals surface area (Å²) in [6, 6.07) is 7.54. The summed E-state index contributed by atoms with van der Waals surface area (Å²) >= 11 is 0. The molecule has 1 aromatic carbocycles. The van der Waals surface area contributed by atoms with E-state index in [1.54, 1.807) is 0 Å². The predicted molar refractivity (Wildman–Crippen MR) is 92.1 cm³/mol. The second-order valence-electron chi connectivity index (χ2n) is 7.06. The Labute approximate surface area is 132 Å². The highest BCUT2D eigenvalue weighted by atomic mass is 15.2. The fourth-order valence-electron chi connectivity index (χ4n) is 4.59. The standard InChI is InChI=1S/C19H25N3/c1-3-7-22-11-14(12(2)20)8-16-15-5-4-6-17-19(15)13(10-21-17)9-18(16)22/h3-6,10,12,14,16,18,21H,1,7-9,11,20H2,2H3/t12?,14-,16-,18-/m1/s1. The minimum absolute atomic E-state index is 0.250. The molecule has 1 unspecified atom stereocenters. The van der Waals surface area contributed by atoms with Crippen LogP contribution in [-0.4, -0.2) is 35.1 Å². The van der Waals surface area contributed by atoms with Gasteiger partial charge in [0, 0.05) is 48.2 Å². The first-order valence-electron chi connectivity index (χ1n) is 8.38. The van der Waals surface area contributed by atoms with E-state index in [-0.39, 0.29) is 6.04 Å². The van der Waals surface area contributed by atoms with Gasteiger partial charge in [0.1, 0.15) is 0 Å². The van der Waals surface area contributed by atoms with Gasteiger partial charge >= 0.3 is 0 Å². The third kappa shape index (κ3) is 2.03. The molecule has 3 heteroatoms. The van der Waals surface area contributed by atoms with Crippen LogP contribution in [0.4, 0.5) is 0 Å². The second kappa shape index (κ2) is 5.25. The van der Waals surface area contributed by atoms with Crippen molar-refractivity contribution in [2.75, 3.05) is 13.1 Å². The molecule has 0 spiro atoms. The number of hydrogen-bond donors (Lipinski definition) is 2. The number of hydrogen-bond acceptors (Lipinski definition) is 2. The van der Waals surface area contributed by atoms with Crippen molar-refractivity contribution in [3.05, 3.63) is 48.2 Å². The monoisotopic (exact) mass is 295 g/mol. The lowest BCUT2D eigenvalue weighted by molar-refractivity contribution is 0.0878. The van der Waals surface area contributed by atoms with Crippen molar-refractivity contribution < 1.29 is 0 Å². The SMILES string of the molecule is C=CCN1C[C@H](C(C)N)C[C@@H]2c3cccc4[nH]cc(c34)C[C@H]21. The number of fused-ring (bicyclic) bond motifs is 2. The molecular weight excluding hydrogens is 270 g/mol. The van der Waals surface area contributed by atoms with Gasteiger partial charge in [0.15, 0.2) is 0 Å². The molecule has 0 saturated carbocycles. The largest absolute Gasteiger partial charge is 0.361 e. The van der Waals surface area contributed by atoms with E-state index in [0.717, 1.165) is 19.5 Å². The number of benzene rings is 1. The summed E-state index contributed by atoms with van der Waals surface area (Å²) in [4.78, 5) is 6.05. The average Bonchev–Trinajstić information content (AvgIpc) is 2.93. The van der Waals surface area contributed by atoms with E-state index in [1.165, 1.54) is 28.5 Å². The zero-order valence-electron chi connectivity index (χ0n) is 13.3. The van der Waals surface area contributed by atoms with Crippen LogP contribution < -0.4 is 5.73 Å². The van der Waals surface area contributed by atoms with E-state index in [1.807, 2.05) is 6.08 Å². The van der Waals surface area contributed by atoms with Gasteiger partial charge in [-0.05, 0) is 42.9 Å². The third-order valence-corrected chi connectivity index (χ3v) is 5.71. The number of aromatic amines is 1. The number of piperidine rings is 1. The van der Waals surface area contributed by atoms with E-state index in [4.69, 9.17) is 5.73 Å².